The first-order valence-corrected chi connectivity index (χ1v) is 22.8. The fourth-order valence-electron chi connectivity index (χ4n) is 7.48. The van der Waals surface area contributed by atoms with E-state index in [4.69, 9.17) is 9.40 Å². The van der Waals surface area contributed by atoms with Gasteiger partial charge in [-0.25, -0.2) is 0 Å². The van der Waals surface area contributed by atoms with E-state index >= 15 is 0 Å². The van der Waals surface area contributed by atoms with Gasteiger partial charge in [-0.3, -0.25) is 4.98 Å². The molecule has 5 aromatic carbocycles. The maximum atomic E-state index is 6.06. The van der Waals surface area contributed by atoms with Crippen LogP contribution in [0.3, 0.4) is 0 Å². The number of furan rings is 1. The molecule has 0 aliphatic carbocycles. The van der Waals surface area contributed by atoms with Crippen molar-refractivity contribution in [1.82, 2.24) is 14.5 Å². The zero-order valence-electron chi connectivity index (χ0n) is 33.5. The van der Waals surface area contributed by atoms with Gasteiger partial charge >= 0.3 is 0 Å². The number of hydrogen-bond donors (Lipinski definition) is 0. The second-order valence-corrected chi connectivity index (χ2v) is 21.5. The molecular formula is C49H51IrN3OSi-2. The number of para-hydroxylation sites is 4. The second kappa shape index (κ2) is 16.6. The smallest absolute Gasteiger partial charge is 0.120 e. The summed E-state index contributed by atoms with van der Waals surface area (Å²) in [4.78, 5) is 9.82. The van der Waals surface area contributed by atoms with Crippen LogP contribution in [0.4, 0.5) is 0 Å². The van der Waals surface area contributed by atoms with Gasteiger partial charge in [0.15, 0.2) is 0 Å². The number of imidazole rings is 1. The van der Waals surface area contributed by atoms with E-state index in [1.54, 1.807) is 0 Å². The van der Waals surface area contributed by atoms with Crippen molar-refractivity contribution in [2.24, 2.45) is 5.92 Å². The van der Waals surface area contributed by atoms with Crippen molar-refractivity contribution in [2.45, 2.75) is 79.4 Å². The summed E-state index contributed by atoms with van der Waals surface area (Å²) in [6.45, 7) is 20.8. The molecule has 0 amide bonds. The molecule has 8 rings (SSSR count). The minimum atomic E-state index is -1.34. The number of nitrogens with zero attached hydrogens (tertiary/aromatic N) is 3. The van der Waals surface area contributed by atoms with Gasteiger partial charge in [0.25, 0.3) is 0 Å². The Kier molecular flexibility index (Phi) is 12.1. The third-order valence-corrected chi connectivity index (χ3v) is 12.2. The van der Waals surface area contributed by atoms with Crippen LogP contribution >= 0.6 is 0 Å². The van der Waals surface area contributed by atoms with Gasteiger partial charge in [-0.05, 0) is 64.4 Å². The molecule has 0 saturated heterocycles. The van der Waals surface area contributed by atoms with Gasteiger partial charge in [0.2, 0.25) is 0 Å². The largest absolute Gasteiger partial charge is 0.500 e. The molecule has 283 valence electrons. The summed E-state index contributed by atoms with van der Waals surface area (Å²) >= 11 is 0. The summed E-state index contributed by atoms with van der Waals surface area (Å²) < 4.78 is 8.41. The quantitative estimate of drug-likeness (QED) is 0.113. The number of pyridine rings is 1. The van der Waals surface area contributed by atoms with E-state index in [1.807, 2.05) is 36.4 Å². The Bertz CT molecular complexity index is 2530. The molecular weight excluding hydrogens is 867 g/mol. The summed E-state index contributed by atoms with van der Waals surface area (Å²) in [5.41, 5.74) is 12.3. The molecule has 0 N–H and O–H groups in total. The first-order valence-electron chi connectivity index (χ1n) is 19.3. The van der Waals surface area contributed by atoms with E-state index < -0.39 is 8.07 Å². The first-order chi connectivity index (χ1) is 25.9. The average Bonchev–Trinajstić information content (AvgIpc) is 3.72. The molecule has 3 aromatic heterocycles. The number of hydrogen-bond acceptors (Lipinski definition) is 3. The molecule has 4 nitrogen and oxygen atoms in total. The van der Waals surface area contributed by atoms with E-state index in [0.717, 1.165) is 62.0 Å². The zero-order chi connectivity index (χ0) is 38.1. The molecule has 0 fully saturated rings. The SMILES string of the molecule is CC(C)Cc1cc(-c2[c-]cccc2)ncc1[Si](C)(C)C.CC(C)c1cccc(C(C)C)c1-n1c(-c2[c-]cc3oc4ccccc4c3c2)nc2ccccc21.[Ir]. The molecule has 0 aliphatic heterocycles. The van der Waals surface area contributed by atoms with Crippen molar-refractivity contribution in [3.8, 4) is 28.3 Å². The van der Waals surface area contributed by atoms with Gasteiger partial charge in [0.05, 0.1) is 30.5 Å². The van der Waals surface area contributed by atoms with Crippen LogP contribution in [0.15, 0.2) is 120 Å². The third-order valence-electron chi connectivity index (χ3n) is 10.1. The van der Waals surface area contributed by atoms with Crippen molar-refractivity contribution >= 4 is 46.2 Å². The fourth-order valence-corrected chi connectivity index (χ4v) is 9.07. The van der Waals surface area contributed by atoms with E-state index in [1.165, 1.54) is 27.6 Å². The second-order valence-electron chi connectivity index (χ2n) is 16.4. The number of benzene rings is 5. The minimum absolute atomic E-state index is 0. The van der Waals surface area contributed by atoms with Crippen molar-refractivity contribution in [2.75, 3.05) is 0 Å². The van der Waals surface area contributed by atoms with Crippen LogP contribution in [0.2, 0.25) is 19.6 Å². The van der Waals surface area contributed by atoms with Gasteiger partial charge < -0.3 is 14.0 Å². The summed E-state index contributed by atoms with van der Waals surface area (Å²) in [5.74, 6) is 2.34. The molecule has 1 radical (unpaired) electrons. The Morgan fingerprint density at radius 1 is 0.709 bits per heavy atom. The Morgan fingerprint density at radius 2 is 1.40 bits per heavy atom. The van der Waals surface area contributed by atoms with E-state index in [9.17, 15) is 0 Å². The molecule has 0 spiro atoms. The predicted octanol–water partition coefficient (Wildman–Crippen LogP) is 12.9. The van der Waals surface area contributed by atoms with Crippen LogP contribution in [0.25, 0.3) is 61.3 Å². The van der Waals surface area contributed by atoms with E-state index in [-0.39, 0.29) is 20.1 Å². The Balaban J connectivity index is 0.000000211. The standard InChI is InChI=1S/C31H27N2O.C18H24NSi.Ir/c1-19(2)22-11-9-12-23(20(3)4)30(22)33-27-14-7-6-13-26(27)32-31(33)21-16-17-29-25(18-21)24-10-5-8-15-28(24)34-29;1-14(2)11-16-12-17(15-9-7-6-8-10-15)19-13-18(16)20(3,4)5;/h5-15,17-20H,1-4H3;6-9,12-14H,11H2,1-5H3;/q2*-1;. The molecule has 8 aromatic rings. The van der Waals surface area contributed by atoms with Crippen molar-refractivity contribution < 1.29 is 24.5 Å². The molecule has 3 heterocycles. The monoisotopic (exact) mass is 918 g/mol. The van der Waals surface area contributed by atoms with Gasteiger partial charge in [-0.1, -0.05) is 127 Å². The molecule has 0 bridgehead atoms. The van der Waals surface area contributed by atoms with Gasteiger partial charge in [0.1, 0.15) is 5.58 Å². The fraction of sp³-hybridized carbons (Fsp3) is 0.265. The van der Waals surface area contributed by atoms with Crippen LogP contribution in [-0.4, -0.2) is 22.6 Å². The van der Waals surface area contributed by atoms with E-state index in [2.05, 4.69) is 162 Å². The molecule has 0 atom stereocenters. The van der Waals surface area contributed by atoms with Crippen LogP contribution in [0.5, 0.6) is 0 Å². The van der Waals surface area contributed by atoms with Gasteiger partial charge in [-0.2, -0.15) is 0 Å². The Morgan fingerprint density at radius 3 is 2.07 bits per heavy atom. The van der Waals surface area contributed by atoms with Gasteiger partial charge in [-0.15, -0.1) is 59.7 Å². The minimum Gasteiger partial charge on any atom is -0.500 e. The third kappa shape index (κ3) is 8.33. The molecule has 0 aliphatic rings. The normalized spacial score (nSPS) is 11.8. The maximum absolute atomic E-state index is 6.06. The van der Waals surface area contributed by atoms with Crippen molar-refractivity contribution in [3.05, 3.63) is 144 Å². The van der Waals surface area contributed by atoms with Crippen LogP contribution < -0.4 is 5.19 Å². The number of rotatable bonds is 8. The predicted molar refractivity (Wildman–Crippen MR) is 231 cm³/mol. The van der Waals surface area contributed by atoms with Crippen LogP contribution in [0, 0.1) is 18.1 Å². The van der Waals surface area contributed by atoms with E-state index in [0.29, 0.717) is 17.8 Å². The molecule has 55 heavy (non-hydrogen) atoms. The van der Waals surface area contributed by atoms with Crippen LogP contribution in [-0.2, 0) is 26.5 Å². The topological polar surface area (TPSA) is 43.9 Å². The molecule has 6 heteroatoms. The summed E-state index contributed by atoms with van der Waals surface area (Å²) in [5, 5.41) is 3.69. The summed E-state index contributed by atoms with van der Waals surface area (Å²) in [7, 11) is -1.34. The maximum Gasteiger partial charge on any atom is 0.120 e. The average molecular weight is 918 g/mol. The summed E-state index contributed by atoms with van der Waals surface area (Å²) in [6.07, 6.45) is 3.24. The van der Waals surface area contributed by atoms with Crippen molar-refractivity contribution in [3.63, 3.8) is 0 Å². The van der Waals surface area contributed by atoms with Crippen LogP contribution in [0.1, 0.15) is 70.1 Å². The molecule has 0 unspecified atom stereocenters. The first kappa shape index (κ1) is 40.1. The van der Waals surface area contributed by atoms with Crippen molar-refractivity contribution in [1.29, 1.82) is 0 Å². The zero-order valence-corrected chi connectivity index (χ0v) is 36.9. The number of aromatic nitrogens is 3. The Labute approximate surface area is 341 Å². The molecule has 0 saturated carbocycles. The number of fused-ring (bicyclic) bond motifs is 4. The Hall–Kier alpha value is -4.61. The summed E-state index contributed by atoms with van der Waals surface area (Å²) in [6, 6.07) is 44.5. The van der Waals surface area contributed by atoms with Gasteiger partial charge in [0, 0.05) is 37.4 Å².